The van der Waals surface area contributed by atoms with Gasteiger partial charge in [-0.1, -0.05) is 31.0 Å². The molecule has 7 nitrogen and oxygen atoms in total. The summed E-state index contributed by atoms with van der Waals surface area (Å²) in [4.78, 5) is 31.6. The normalized spacial score (nSPS) is 19.4. The Hall–Kier alpha value is -1.61. The molecule has 2 fully saturated rings. The molecule has 2 aliphatic carbocycles. The van der Waals surface area contributed by atoms with Gasteiger partial charge in [-0.15, -0.1) is 16.4 Å². The van der Waals surface area contributed by atoms with Gasteiger partial charge in [0, 0.05) is 23.7 Å². The van der Waals surface area contributed by atoms with E-state index in [-0.39, 0.29) is 28.9 Å². The highest BCUT2D eigenvalue weighted by molar-refractivity contribution is 8.00. The predicted octanol–water partition coefficient (Wildman–Crippen LogP) is 3.21. The zero-order valence-electron chi connectivity index (χ0n) is 14.8. The number of thiazole rings is 1. The van der Waals surface area contributed by atoms with E-state index in [0.717, 1.165) is 43.7 Å². The van der Waals surface area contributed by atoms with Gasteiger partial charge in [0.1, 0.15) is 0 Å². The average molecular weight is 394 g/mol. The number of nitrogens with one attached hydrogen (secondary N) is 1. The first-order valence-electron chi connectivity index (χ1n) is 9.21. The molecule has 2 aromatic heterocycles. The molecule has 4 rings (SSSR count). The van der Waals surface area contributed by atoms with Crippen LogP contribution in [0.5, 0.6) is 0 Å². The van der Waals surface area contributed by atoms with Gasteiger partial charge in [-0.2, -0.15) is 0 Å². The predicted molar refractivity (Wildman–Crippen MR) is 103 cm³/mol. The molecule has 0 aliphatic heterocycles. The van der Waals surface area contributed by atoms with Crippen molar-refractivity contribution in [3.63, 3.8) is 0 Å². The van der Waals surface area contributed by atoms with Gasteiger partial charge in [-0.3, -0.25) is 14.3 Å². The number of aromatic nitrogens is 4. The summed E-state index contributed by atoms with van der Waals surface area (Å²) in [6, 6.07) is 0.453. The number of H-pyrrole nitrogens is 1. The third kappa shape index (κ3) is 3.59. The summed E-state index contributed by atoms with van der Waals surface area (Å²) >= 11 is 2.87. The Bertz CT molecular complexity index is 805. The second-order valence-electron chi connectivity index (χ2n) is 6.99. The fraction of sp³-hybridized carbons (Fsp3) is 0.647. The van der Waals surface area contributed by atoms with E-state index >= 15 is 0 Å². The van der Waals surface area contributed by atoms with Crippen LogP contribution in [-0.4, -0.2) is 36.9 Å². The molecule has 1 N–H and O–H groups in total. The van der Waals surface area contributed by atoms with E-state index in [1.807, 2.05) is 17.2 Å². The number of hydrogen-bond donors (Lipinski definition) is 1. The molecule has 2 saturated carbocycles. The molecule has 1 amide bonds. The van der Waals surface area contributed by atoms with Crippen molar-refractivity contribution in [2.45, 2.75) is 74.4 Å². The van der Waals surface area contributed by atoms with Crippen LogP contribution in [0.4, 0.5) is 5.13 Å². The summed E-state index contributed by atoms with van der Waals surface area (Å²) in [6.45, 7) is 1.90. The quantitative estimate of drug-likeness (QED) is 0.762. The highest BCUT2D eigenvalue weighted by Gasteiger charge is 2.34. The van der Waals surface area contributed by atoms with Gasteiger partial charge in [0.25, 0.3) is 0 Å². The minimum Gasteiger partial charge on any atom is -0.284 e. The van der Waals surface area contributed by atoms with Crippen molar-refractivity contribution in [3.05, 3.63) is 22.1 Å². The first-order chi connectivity index (χ1) is 12.6. The monoisotopic (exact) mass is 393 g/mol. The molecule has 26 heavy (non-hydrogen) atoms. The molecule has 0 spiro atoms. The molecule has 2 aliphatic rings. The molecule has 0 aromatic carbocycles. The maximum absolute atomic E-state index is 13.3. The van der Waals surface area contributed by atoms with Crippen molar-refractivity contribution in [1.82, 2.24) is 19.7 Å². The highest BCUT2D eigenvalue weighted by Crippen LogP contribution is 2.37. The van der Waals surface area contributed by atoms with Crippen molar-refractivity contribution in [2.24, 2.45) is 0 Å². The first kappa shape index (κ1) is 17.8. The van der Waals surface area contributed by atoms with Gasteiger partial charge >= 0.3 is 5.69 Å². The van der Waals surface area contributed by atoms with Gasteiger partial charge < -0.3 is 0 Å². The lowest BCUT2D eigenvalue weighted by molar-refractivity contribution is -0.118. The number of carbonyl (C=O) groups excluding carboxylic acids is 1. The van der Waals surface area contributed by atoms with E-state index < -0.39 is 0 Å². The standard InChI is InChI=1S/C17H23N5O2S2/c1-11(26-17-20-19-15(24)22(17)13-7-8-13)14(23)21(16-18-9-10-25-16)12-5-3-2-4-6-12/h9-13H,2-8H2,1H3,(H,19,24)/t11-/m0/s1. The molecule has 0 unspecified atom stereocenters. The Morgan fingerprint density at radius 1 is 1.35 bits per heavy atom. The highest BCUT2D eigenvalue weighted by atomic mass is 32.2. The molecule has 2 heterocycles. The second kappa shape index (κ2) is 7.56. The van der Waals surface area contributed by atoms with Crippen LogP contribution in [0.3, 0.4) is 0 Å². The SMILES string of the molecule is C[C@H](Sc1n[nH]c(=O)n1C1CC1)C(=O)N(c1nccs1)C1CCCCC1. The van der Waals surface area contributed by atoms with Crippen LogP contribution in [0.2, 0.25) is 0 Å². The van der Waals surface area contributed by atoms with Gasteiger partial charge in [0.2, 0.25) is 5.91 Å². The van der Waals surface area contributed by atoms with Crippen LogP contribution < -0.4 is 10.6 Å². The molecule has 0 radical (unpaired) electrons. The summed E-state index contributed by atoms with van der Waals surface area (Å²) in [5.74, 6) is 0.0506. The summed E-state index contributed by atoms with van der Waals surface area (Å²) in [6.07, 6.45) is 9.35. The average Bonchev–Trinajstić information content (AvgIpc) is 3.21. The van der Waals surface area contributed by atoms with Crippen LogP contribution in [0.25, 0.3) is 0 Å². The van der Waals surface area contributed by atoms with Gasteiger partial charge in [-0.25, -0.2) is 14.9 Å². The van der Waals surface area contributed by atoms with Crippen LogP contribution in [0, 0.1) is 0 Å². The Balaban J connectivity index is 1.54. The first-order valence-corrected chi connectivity index (χ1v) is 11.0. The zero-order chi connectivity index (χ0) is 18.1. The molecule has 1 atom stereocenters. The van der Waals surface area contributed by atoms with Crippen molar-refractivity contribution < 1.29 is 4.79 Å². The number of thioether (sulfide) groups is 1. The topological polar surface area (TPSA) is 83.9 Å². The minimum atomic E-state index is -0.325. The smallest absolute Gasteiger partial charge is 0.284 e. The maximum Gasteiger partial charge on any atom is 0.344 e. The van der Waals surface area contributed by atoms with E-state index in [0.29, 0.717) is 5.16 Å². The van der Waals surface area contributed by atoms with Crippen LogP contribution >= 0.6 is 23.1 Å². The molecular formula is C17H23N5O2S2. The lowest BCUT2D eigenvalue weighted by Gasteiger charge is -2.33. The van der Waals surface area contributed by atoms with Crippen LogP contribution in [0.1, 0.15) is 57.9 Å². The van der Waals surface area contributed by atoms with Gasteiger partial charge in [0.05, 0.1) is 5.25 Å². The molecular weight excluding hydrogens is 370 g/mol. The summed E-state index contributed by atoms with van der Waals surface area (Å²) in [5.41, 5.74) is -0.182. The summed E-state index contributed by atoms with van der Waals surface area (Å²) in [5, 5.41) is 9.64. The van der Waals surface area contributed by atoms with Crippen molar-refractivity contribution >= 4 is 34.1 Å². The Morgan fingerprint density at radius 3 is 2.77 bits per heavy atom. The number of amides is 1. The van der Waals surface area contributed by atoms with Gasteiger partial charge in [-0.05, 0) is 32.6 Å². The van der Waals surface area contributed by atoms with Crippen molar-refractivity contribution in [1.29, 1.82) is 0 Å². The number of aromatic amines is 1. The third-order valence-electron chi connectivity index (χ3n) is 5.02. The van der Waals surface area contributed by atoms with Crippen molar-refractivity contribution in [3.8, 4) is 0 Å². The largest absolute Gasteiger partial charge is 0.344 e. The maximum atomic E-state index is 13.3. The fourth-order valence-electron chi connectivity index (χ4n) is 3.54. The minimum absolute atomic E-state index is 0.0506. The molecule has 0 bridgehead atoms. The lowest BCUT2D eigenvalue weighted by atomic mass is 9.94. The summed E-state index contributed by atoms with van der Waals surface area (Å²) in [7, 11) is 0. The Morgan fingerprint density at radius 2 is 2.12 bits per heavy atom. The molecule has 2 aromatic rings. The second-order valence-corrected chi connectivity index (χ2v) is 9.17. The number of carbonyl (C=O) groups is 1. The zero-order valence-corrected chi connectivity index (χ0v) is 16.4. The van der Waals surface area contributed by atoms with Crippen LogP contribution in [-0.2, 0) is 4.79 Å². The van der Waals surface area contributed by atoms with E-state index in [4.69, 9.17) is 0 Å². The van der Waals surface area contributed by atoms with E-state index in [1.165, 1.54) is 29.5 Å². The Labute approximate surface area is 160 Å². The molecule has 140 valence electrons. The van der Waals surface area contributed by atoms with Gasteiger partial charge in [0.15, 0.2) is 10.3 Å². The molecule has 9 heteroatoms. The summed E-state index contributed by atoms with van der Waals surface area (Å²) < 4.78 is 1.70. The molecule has 0 saturated heterocycles. The third-order valence-corrected chi connectivity index (χ3v) is 6.84. The number of anilines is 1. The van der Waals surface area contributed by atoms with Crippen LogP contribution in [0.15, 0.2) is 21.5 Å². The van der Waals surface area contributed by atoms with Crippen molar-refractivity contribution in [2.75, 3.05) is 4.90 Å². The number of nitrogens with zero attached hydrogens (tertiary/aromatic N) is 4. The van der Waals surface area contributed by atoms with E-state index in [9.17, 15) is 9.59 Å². The lowest BCUT2D eigenvalue weighted by Crippen LogP contribution is -2.45. The van der Waals surface area contributed by atoms with E-state index in [2.05, 4.69) is 15.2 Å². The number of hydrogen-bond acceptors (Lipinski definition) is 6. The number of rotatable bonds is 6. The fourth-order valence-corrected chi connectivity index (χ4v) is 5.23. The Kier molecular flexibility index (Phi) is 5.17. The van der Waals surface area contributed by atoms with E-state index in [1.54, 1.807) is 10.8 Å².